The van der Waals surface area contributed by atoms with Gasteiger partial charge in [0, 0.05) is 22.8 Å². The second kappa shape index (κ2) is 6.09. The third kappa shape index (κ3) is 3.19. The number of amides is 1. The van der Waals surface area contributed by atoms with E-state index in [1.807, 2.05) is 24.6 Å². The monoisotopic (exact) mass is 337 g/mol. The van der Waals surface area contributed by atoms with E-state index in [2.05, 4.69) is 26.2 Å². The van der Waals surface area contributed by atoms with Gasteiger partial charge in [-0.3, -0.25) is 4.79 Å². The van der Waals surface area contributed by atoms with Gasteiger partial charge in [0.2, 0.25) is 5.88 Å². The summed E-state index contributed by atoms with van der Waals surface area (Å²) in [6.07, 6.45) is 3.46. The van der Waals surface area contributed by atoms with Gasteiger partial charge in [-0.05, 0) is 41.9 Å². The van der Waals surface area contributed by atoms with Crippen LogP contribution in [0.5, 0.6) is 5.88 Å². The van der Waals surface area contributed by atoms with Crippen LogP contribution in [0, 0.1) is 0 Å². The number of methoxy groups -OCH3 is 1. The third-order valence-corrected chi connectivity index (χ3v) is 3.24. The second-order valence-corrected chi connectivity index (χ2v) is 5.50. The first-order chi connectivity index (χ1) is 9.51. The standard InChI is InChI=1S/C14H16BrN3O2/c1-9(2)18-8-10(15)6-12(18)14(19)17-11-4-5-13(20-3)16-7-11/h4-9H,1-3H3,(H,17,19). The fourth-order valence-electron chi connectivity index (χ4n) is 1.82. The minimum atomic E-state index is -0.170. The largest absolute Gasteiger partial charge is 0.481 e. The maximum Gasteiger partial charge on any atom is 0.272 e. The van der Waals surface area contributed by atoms with E-state index in [4.69, 9.17) is 4.74 Å². The zero-order valence-electron chi connectivity index (χ0n) is 11.6. The van der Waals surface area contributed by atoms with Crippen molar-refractivity contribution in [3.05, 3.63) is 40.8 Å². The van der Waals surface area contributed by atoms with Gasteiger partial charge in [0.25, 0.3) is 5.91 Å². The molecule has 1 N–H and O–H groups in total. The van der Waals surface area contributed by atoms with Crippen LogP contribution in [0.15, 0.2) is 35.1 Å². The topological polar surface area (TPSA) is 56.1 Å². The Labute approximate surface area is 126 Å². The summed E-state index contributed by atoms with van der Waals surface area (Å²) in [5, 5.41) is 2.82. The van der Waals surface area contributed by atoms with Crippen molar-refractivity contribution < 1.29 is 9.53 Å². The lowest BCUT2D eigenvalue weighted by molar-refractivity contribution is 0.101. The third-order valence-electron chi connectivity index (χ3n) is 2.81. The number of hydrogen-bond acceptors (Lipinski definition) is 3. The lowest BCUT2D eigenvalue weighted by atomic mass is 10.3. The van der Waals surface area contributed by atoms with E-state index in [0.29, 0.717) is 17.3 Å². The van der Waals surface area contributed by atoms with Gasteiger partial charge >= 0.3 is 0 Å². The molecule has 2 heterocycles. The molecule has 0 saturated carbocycles. The number of carbonyl (C=O) groups is 1. The summed E-state index contributed by atoms with van der Waals surface area (Å²) in [6, 6.07) is 5.46. The van der Waals surface area contributed by atoms with E-state index in [1.54, 1.807) is 31.5 Å². The smallest absolute Gasteiger partial charge is 0.272 e. The van der Waals surface area contributed by atoms with Gasteiger partial charge in [0.05, 0.1) is 19.0 Å². The molecular formula is C14H16BrN3O2. The normalized spacial score (nSPS) is 10.7. The van der Waals surface area contributed by atoms with Gasteiger partial charge < -0.3 is 14.6 Å². The van der Waals surface area contributed by atoms with Crippen molar-refractivity contribution in [2.75, 3.05) is 12.4 Å². The van der Waals surface area contributed by atoms with E-state index < -0.39 is 0 Å². The molecule has 20 heavy (non-hydrogen) atoms. The fraction of sp³-hybridized carbons (Fsp3) is 0.286. The van der Waals surface area contributed by atoms with Crippen LogP contribution >= 0.6 is 15.9 Å². The minimum Gasteiger partial charge on any atom is -0.481 e. The number of aromatic nitrogens is 2. The van der Waals surface area contributed by atoms with Gasteiger partial charge in [-0.15, -0.1) is 0 Å². The van der Waals surface area contributed by atoms with Crippen LogP contribution in [0.3, 0.4) is 0 Å². The molecule has 0 aliphatic rings. The number of pyridine rings is 1. The quantitative estimate of drug-likeness (QED) is 0.928. The molecule has 1 amide bonds. The zero-order chi connectivity index (χ0) is 14.7. The molecule has 0 saturated heterocycles. The van der Waals surface area contributed by atoms with Gasteiger partial charge in [0.15, 0.2) is 0 Å². The molecule has 0 fully saturated rings. The molecule has 0 aliphatic heterocycles. The van der Waals surface area contributed by atoms with Crippen LogP contribution in [-0.2, 0) is 0 Å². The predicted octanol–water partition coefficient (Wildman–Crippen LogP) is 3.49. The first kappa shape index (κ1) is 14.6. The SMILES string of the molecule is COc1ccc(NC(=O)c2cc(Br)cn2C(C)C)cn1. The lowest BCUT2D eigenvalue weighted by Gasteiger charge is -2.12. The highest BCUT2D eigenvalue weighted by molar-refractivity contribution is 9.10. The summed E-state index contributed by atoms with van der Waals surface area (Å²) < 4.78 is 7.77. The molecule has 0 aromatic carbocycles. The van der Waals surface area contributed by atoms with Crippen molar-refractivity contribution in [1.82, 2.24) is 9.55 Å². The van der Waals surface area contributed by atoms with Gasteiger partial charge in [-0.1, -0.05) is 0 Å². The van der Waals surface area contributed by atoms with Gasteiger partial charge in [-0.2, -0.15) is 0 Å². The molecule has 2 aromatic rings. The predicted molar refractivity (Wildman–Crippen MR) is 81.3 cm³/mol. The highest BCUT2D eigenvalue weighted by atomic mass is 79.9. The van der Waals surface area contributed by atoms with E-state index >= 15 is 0 Å². The number of anilines is 1. The molecule has 0 spiro atoms. The number of nitrogens with one attached hydrogen (secondary N) is 1. The number of rotatable bonds is 4. The maximum absolute atomic E-state index is 12.3. The first-order valence-electron chi connectivity index (χ1n) is 6.20. The Bertz CT molecular complexity index is 605. The average Bonchev–Trinajstić information content (AvgIpc) is 2.82. The summed E-state index contributed by atoms with van der Waals surface area (Å²) in [6.45, 7) is 4.05. The van der Waals surface area contributed by atoms with E-state index in [9.17, 15) is 4.79 Å². The Balaban J connectivity index is 2.19. The molecule has 0 unspecified atom stereocenters. The molecule has 2 aromatic heterocycles. The Hall–Kier alpha value is -1.82. The van der Waals surface area contributed by atoms with Crippen molar-refractivity contribution in [2.45, 2.75) is 19.9 Å². The molecule has 0 atom stereocenters. The molecule has 0 radical (unpaired) electrons. The van der Waals surface area contributed by atoms with Crippen molar-refractivity contribution in [3.8, 4) is 5.88 Å². The molecule has 2 rings (SSSR count). The van der Waals surface area contributed by atoms with Crippen LogP contribution < -0.4 is 10.1 Å². The summed E-state index contributed by atoms with van der Waals surface area (Å²) >= 11 is 3.39. The van der Waals surface area contributed by atoms with Gasteiger partial charge in [0.1, 0.15) is 5.69 Å². The van der Waals surface area contributed by atoms with Gasteiger partial charge in [-0.25, -0.2) is 4.98 Å². The number of halogens is 1. The second-order valence-electron chi connectivity index (χ2n) is 4.59. The highest BCUT2D eigenvalue weighted by Gasteiger charge is 2.15. The molecular weight excluding hydrogens is 322 g/mol. The first-order valence-corrected chi connectivity index (χ1v) is 6.99. The molecule has 106 valence electrons. The van der Waals surface area contributed by atoms with E-state index in [-0.39, 0.29) is 11.9 Å². The van der Waals surface area contributed by atoms with Crippen molar-refractivity contribution in [3.63, 3.8) is 0 Å². The Morgan fingerprint density at radius 1 is 1.45 bits per heavy atom. The minimum absolute atomic E-state index is 0.170. The Kier molecular flexibility index (Phi) is 4.44. The molecule has 0 bridgehead atoms. The molecule has 0 aliphatic carbocycles. The molecule has 6 heteroatoms. The van der Waals surface area contributed by atoms with Crippen LogP contribution in [0.4, 0.5) is 5.69 Å². The Morgan fingerprint density at radius 3 is 2.75 bits per heavy atom. The van der Waals surface area contributed by atoms with Crippen molar-refractivity contribution >= 4 is 27.5 Å². The van der Waals surface area contributed by atoms with E-state index in [0.717, 1.165) is 4.47 Å². The fourth-order valence-corrected chi connectivity index (χ4v) is 2.26. The average molecular weight is 338 g/mol. The summed E-state index contributed by atoms with van der Waals surface area (Å²) in [4.78, 5) is 16.3. The number of nitrogens with zero attached hydrogens (tertiary/aromatic N) is 2. The van der Waals surface area contributed by atoms with Crippen molar-refractivity contribution in [1.29, 1.82) is 0 Å². The maximum atomic E-state index is 12.3. The van der Waals surface area contributed by atoms with Crippen molar-refractivity contribution in [2.24, 2.45) is 0 Å². The summed E-state index contributed by atoms with van der Waals surface area (Å²) in [5.41, 5.74) is 1.23. The van der Waals surface area contributed by atoms with E-state index in [1.165, 1.54) is 0 Å². The number of hydrogen-bond donors (Lipinski definition) is 1. The summed E-state index contributed by atoms with van der Waals surface area (Å²) in [7, 11) is 1.55. The number of ether oxygens (including phenoxy) is 1. The molecule has 5 nitrogen and oxygen atoms in total. The highest BCUT2D eigenvalue weighted by Crippen LogP contribution is 2.20. The van der Waals surface area contributed by atoms with Crippen LogP contribution in [-0.4, -0.2) is 22.6 Å². The van der Waals surface area contributed by atoms with Crippen LogP contribution in [0.2, 0.25) is 0 Å². The lowest BCUT2D eigenvalue weighted by Crippen LogP contribution is -2.17. The zero-order valence-corrected chi connectivity index (χ0v) is 13.1. The van der Waals surface area contributed by atoms with Crippen LogP contribution in [0.1, 0.15) is 30.4 Å². The Morgan fingerprint density at radius 2 is 2.20 bits per heavy atom. The van der Waals surface area contributed by atoms with Crippen LogP contribution in [0.25, 0.3) is 0 Å². The summed E-state index contributed by atoms with van der Waals surface area (Å²) in [5.74, 6) is 0.340. The number of carbonyl (C=O) groups excluding carboxylic acids is 1.